The zero-order valence-corrected chi connectivity index (χ0v) is 40.8. The van der Waals surface area contributed by atoms with Crippen molar-refractivity contribution < 1.29 is 23.3 Å². The zero-order valence-electron chi connectivity index (χ0n) is 35.7. The summed E-state index contributed by atoms with van der Waals surface area (Å²) in [6.07, 6.45) is 22.1. The van der Waals surface area contributed by atoms with Crippen LogP contribution in [0.3, 0.4) is 0 Å². The van der Waals surface area contributed by atoms with Gasteiger partial charge in [0, 0.05) is 0 Å². The van der Waals surface area contributed by atoms with Crippen LogP contribution in [0.1, 0.15) is 113 Å². The fourth-order valence-corrected chi connectivity index (χ4v) is 11.6. The molecular formula is C54H66Cl2SiZr-4. The number of fused-ring (bicyclic) bond motifs is 6. The predicted octanol–water partition coefficient (Wildman–Crippen LogP) is 16.0. The Bertz CT molecular complexity index is 2000. The van der Waals surface area contributed by atoms with Gasteiger partial charge in [0.15, 0.2) is 0 Å². The first-order valence-electron chi connectivity index (χ1n) is 21.3. The predicted molar refractivity (Wildman–Crippen MR) is 256 cm³/mol. The van der Waals surface area contributed by atoms with Gasteiger partial charge in [-0.15, -0.1) is 93.9 Å². The topological polar surface area (TPSA) is 0 Å². The first-order chi connectivity index (χ1) is 26.5. The zero-order chi connectivity index (χ0) is 37.1. The van der Waals surface area contributed by atoms with Gasteiger partial charge in [0.05, 0.1) is 0 Å². The van der Waals surface area contributed by atoms with Gasteiger partial charge in [0.2, 0.25) is 0 Å². The standard InChI is InChI=1S/2C26H29.2CH3.2ClH.Si.Zr/c2*1-2-4-19-7-9-22(10-8-19)24-6-3-5-23-15-21(16-25(23)24)18-26-13-11-20(17-26)12-14-26;;;;;;/h2*3,5-10,15-16,20H,2,4,11-14,17-18H2,1H3;2*1H3;2*1H;;/q4*-1;;;;. The molecule has 0 aromatic heterocycles. The van der Waals surface area contributed by atoms with E-state index in [4.69, 9.17) is 0 Å². The van der Waals surface area contributed by atoms with Crippen molar-refractivity contribution >= 4 is 53.2 Å². The summed E-state index contributed by atoms with van der Waals surface area (Å²) in [5, 5.41) is 5.71. The SMILES string of the molecule is CCCc1ccc(-c2cccc3[cH-]c(CC45CCC(CC4)C5)cc23)cc1.CCCc1ccc(-c2cccc3[cH-]c(CC45CCC(CC4)C5)cc23)cc1.Cl.Cl.[CH3-].[CH3-].[Si]=[Zr]. The molecule has 0 N–H and O–H groups in total. The number of hydrogen-bond donors (Lipinski definition) is 0. The fourth-order valence-electron chi connectivity index (χ4n) is 11.6. The van der Waals surface area contributed by atoms with Crippen LogP contribution >= 0.6 is 24.8 Å². The quantitative estimate of drug-likeness (QED) is 0.0949. The summed E-state index contributed by atoms with van der Waals surface area (Å²) in [7, 11) is 0. The Hall–Kier alpha value is -2.22. The number of benzene rings is 4. The monoisotopic (exact) mass is 902 g/mol. The van der Waals surface area contributed by atoms with Crippen molar-refractivity contribution in [2.45, 2.75) is 117 Å². The molecule has 4 aliphatic rings. The Labute approximate surface area is 381 Å². The van der Waals surface area contributed by atoms with Crippen LogP contribution in [-0.4, -0.2) is 6.88 Å². The average Bonchev–Trinajstić information content (AvgIpc) is 4.07. The molecule has 0 unspecified atom stereocenters. The molecule has 0 spiro atoms. The average molecular weight is 905 g/mol. The van der Waals surface area contributed by atoms with Gasteiger partial charge in [0.1, 0.15) is 0 Å². The van der Waals surface area contributed by atoms with Crippen LogP contribution in [0.2, 0.25) is 0 Å². The molecule has 4 aliphatic carbocycles. The van der Waals surface area contributed by atoms with Crippen LogP contribution in [0, 0.1) is 37.5 Å². The molecule has 2 radical (unpaired) electrons. The molecule has 0 aliphatic heterocycles. The van der Waals surface area contributed by atoms with E-state index in [2.05, 4.69) is 130 Å². The van der Waals surface area contributed by atoms with E-state index in [0.717, 1.165) is 11.8 Å². The van der Waals surface area contributed by atoms with E-state index in [9.17, 15) is 0 Å². The van der Waals surface area contributed by atoms with Crippen molar-refractivity contribution in [2.75, 3.05) is 0 Å². The third-order valence-corrected chi connectivity index (χ3v) is 14.2. The molecule has 0 saturated heterocycles. The van der Waals surface area contributed by atoms with Gasteiger partial charge >= 0.3 is 30.2 Å². The van der Waals surface area contributed by atoms with E-state index in [1.54, 1.807) is 11.1 Å². The summed E-state index contributed by atoms with van der Waals surface area (Å²) < 4.78 is 0. The van der Waals surface area contributed by atoms with Crippen molar-refractivity contribution in [1.82, 2.24) is 0 Å². The van der Waals surface area contributed by atoms with Gasteiger partial charge in [-0.2, -0.15) is 12.1 Å². The summed E-state index contributed by atoms with van der Waals surface area (Å²) in [6, 6.07) is 42.0. The van der Waals surface area contributed by atoms with E-state index in [1.807, 2.05) is 0 Å². The van der Waals surface area contributed by atoms with Crippen LogP contribution in [-0.2, 0) is 49.0 Å². The van der Waals surface area contributed by atoms with E-state index in [1.165, 1.54) is 181 Å². The minimum atomic E-state index is 0. The Morgan fingerprint density at radius 1 is 0.552 bits per heavy atom. The summed E-state index contributed by atoms with van der Waals surface area (Å²) in [5.74, 6) is 2.08. The molecule has 308 valence electrons. The van der Waals surface area contributed by atoms with Crippen molar-refractivity contribution in [2.24, 2.45) is 22.7 Å². The Balaban J connectivity index is 0.000000231. The van der Waals surface area contributed by atoms with Crippen molar-refractivity contribution in [3.05, 3.63) is 146 Å². The second-order valence-electron chi connectivity index (χ2n) is 17.9. The number of halogens is 2. The number of hydrogen-bond acceptors (Lipinski definition) is 0. The Morgan fingerprint density at radius 3 is 1.22 bits per heavy atom. The normalized spacial score (nSPS) is 22.1. The molecule has 0 heterocycles. The van der Waals surface area contributed by atoms with Gasteiger partial charge in [0.25, 0.3) is 0 Å². The van der Waals surface area contributed by atoms with E-state index in [0.29, 0.717) is 10.8 Å². The van der Waals surface area contributed by atoms with Crippen LogP contribution in [0.4, 0.5) is 0 Å². The van der Waals surface area contributed by atoms with E-state index >= 15 is 0 Å². The van der Waals surface area contributed by atoms with Gasteiger partial charge in [-0.05, 0) is 135 Å². The summed E-state index contributed by atoms with van der Waals surface area (Å²) in [6.45, 7) is 7.56. The first-order valence-corrected chi connectivity index (χ1v) is 25.5. The first kappa shape index (κ1) is 48.4. The maximum absolute atomic E-state index is 3.06. The third kappa shape index (κ3) is 10.4. The molecule has 10 rings (SSSR count). The van der Waals surface area contributed by atoms with Gasteiger partial charge in [-0.25, -0.2) is 0 Å². The summed E-state index contributed by atoms with van der Waals surface area (Å²) in [5.41, 5.74) is 12.8. The second kappa shape index (κ2) is 21.5. The van der Waals surface area contributed by atoms with Crippen molar-refractivity contribution in [3.63, 3.8) is 0 Å². The van der Waals surface area contributed by atoms with Gasteiger partial charge < -0.3 is 14.9 Å². The second-order valence-corrected chi connectivity index (χ2v) is 17.9. The van der Waals surface area contributed by atoms with Crippen LogP contribution < -0.4 is 0 Å². The Morgan fingerprint density at radius 2 is 0.914 bits per heavy atom. The molecule has 4 heteroatoms. The summed E-state index contributed by atoms with van der Waals surface area (Å²) >= 11 is 1.36. The number of rotatable bonds is 10. The van der Waals surface area contributed by atoms with Crippen LogP contribution in [0.15, 0.2) is 109 Å². The molecule has 0 amide bonds. The molecule has 58 heavy (non-hydrogen) atoms. The van der Waals surface area contributed by atoms with Gasteiger partial charge in [-0.1, -0.05) is 98.5 Å². The number of aryl methyl sites for hydroxylation is 2. The maximum atomic E-state index is 3.06. The van der Waals surface area contributed by atoms with Crippen molar-refractivity contribution in [3.8, 4) is 22.3 Å². The molecule has 0 nitrogen and oxygen atoms in total. The van der Waals surface area contributed by atoms with E-state index < -0.39 is 0 Å². The molecular weight excluding hydrogens is 839 g/mol. The molecule has 6 aromatic carbocycles. The molecule has 4 fully saturated rings. The molecule has 4 bridgehead atoms. The van der Waals surface area contributed by atoms with E-state index in [-0.39, 0.29) is 39.7 Å². The Kier molecular flexibility index (Phi) is 18.0. The molecule has 6 aromatic rings. The van der Waals surface area contributed by atoms with Gasteiger partial charge in [-0.3, -0.25) is 0 Å². The third-order valence-electron chi connectivity index (χ3n) is 14.2. The van der Waals surface area contributed by atoms with Crippen molar-refractivity contribution in [1.29, 1.82) is 0 Å². The molecule has 4 saturated carbocycles. The summed E-state index contributed by atoms with van der Waals surface area (Å²) in [4.78, 5) is 0. The fraction of sp³-hybridized carbons (Fsp3) is 0.407. The molecule has 0 atom stereocenters. The van der Waals surface area contributed by atoms with Crippen LogP contribution in [0.25, 0.3) is 43.8 Å². The minimum absolute atomic E-state index is 0. The van der Waals surface area contributed by atoms with Crippen LogP contribution in [0.5, 0.6) is 0 Å².